The quantitative estimate of drug-likeness (QED) is 0.323. The fourth-order valence-corrected chi connectivity index (χ4v) is 3.62. The summed E-state index contributed by atoms with van der Waals surface area (Å²) >= 11 is 0. The average Bonchev–Trinajstić information content (AvgIpc) is 2.81. The molecule has 0 radical (unpaired) electrons. The fourth-order valence-electron chi connectivity index (χ4n) is 3.62. The molecule has 9 nitrogen and oxygen atoms in total. The summed E-state index contributed by atoms with van der Waals surface area (Å²) in [6.07, 6.45) is -3.81. The van der Waals surface area contributed by atoms with Crippen molar-refractivity contribution in [3.05, 3.63) is 82.2 Å². The van der Waals surface area contributed by atoms with E-state index in [1.165, 1.54) is 7.11 Å². The molecular weight excluding hydrogens is 390 g/mol. The smallest absolute Gasteiger partial charge is 0.338 e. The zero-order chi connectivity index (χ0) is 20.9. The Balaban J connectivity index is 1.59. The van der Waals surface area contributed by atoms with E-state index in [0.29, 0.717) is 5.56 Å². The minimum absolute atomic E-state index is 0.209. The molecule has 0 spiro atoms. The zero-order valence-electron chi connectivity index (χ0n) is 16.2. The van der Waals surface area contributed by atoms with Gasteiger partial charge in [0.15, 0.2) is 18.7 Å². The molecule has 0 saturated carbocycles. The van der Waals surface area contributed by atoms with Crippen molar-refractivity contribution >= 4 is 5.97 Å². The highest BCUT2D eigenvalue weighted by Crippen LogP contribution is 2.36. The van der Waals surface area contributed by atoms with E-state index in [0.717, 1.165) is 5.56 Å². The lowest BCUT2D eigenvalue weighted by molar-refractivity contribution is -0.337. The van der Waals surface area contributed by atoms with Crippen molar-refractivity contribution in [3.8, 4) is 0 Å². The third-order valence-electron chi connectivity index (χ3n) is 5.05. The Morgan fingerprint density at radius 3 is 2.47 bits per heavy atom. The molecule has 0 aliphatic carbocycles. The lowest BCUT2D eigenvalue weighted by Crippen LogP contribution is -2.62. The standard InChI is InChI=1S/C21H21N3O6/c1-26-21-18(29-19(25)13-8-4-2-5-9-13)16(23-24-22)17-15(28-21)12-27-20(30-17)14-10-6-3-7-11-14/h2-11,15-18,20-21H,12H2,1H3/t15-,16+,17-,18+,20-,21+/m1/s1. The van der Waals surface area contributed by atoms with Crippen molar-refractivity contribution in [2.45, 2.75) is 36.9 Å². The second-order valence-electron chi connectivity index (χ2n) is 6.89. The first kappa shape index (κ1) is 20.3. The Labute approximate surface area is 173 Å². The number of benzene rings is 2. The van der Waals surface area contributed by atoms with Crippen LogP contribution in [-0.2, 0) is 23.7 Å². The van der Waals surface area contributed by atoms with Crippen LogP contribution in [0.4, 0.5) is 0 Å². The molecule has 2 saturated heterocycles. The molecule has 0 aromatic heterocycles. The summed E-state index contributed by atoms with van der Waals surface area (Å²) in [6.45, 7) is 0.209. The normalized spacial score (nSPS) is 30.6. The second-order valence-corrected chi connectivity index (χ2v) is 6.89. The number of hydrogen-bond donors (Lipinski definition) is 0. The molecule has 30 heavy (non-hydrogen) atoms. The first-order chi connectivity index (χ1) is 14.7. The molecule has 2 aliphatic rings. The first-order valence-corrected chi connectivity index (χ1v) is 9.51. The molecule has 0 amide bonds. The maximum atomic E-state index is 12.6. The fraction of sp³-hybridized carbons (Fsp3) is 0.381. The van der Waals surface area contributed by atoms with E-state index < -0.39 is 42.9 Å². The SMILES string of the molecule is CO[C@H]1O[C@@H]2CO[C@@H](c3ccccc3)O[C@H]2[C@H](N=[N+]=[N-])[C@@H]1OC(=O)c1ccccc1. The van der Waals surface area contributed by atoms with E-state index in [4.69, 9.17) is 29.2 Å². The minimum Gasteiger partial charge on any atom is -0.453 e. The van der Waals surface area contributed by atoms with Crippen LogP contribution in [0.1, 0.15) is 22.2 Å². The van der Waals surface area contributed by atoms with Gasteiger partial charge in [-0.2, -0.15) is 0 Å². The van der Waals surface area contributed by atoms with Crippen LogP contribution < -0.4 is 0 Å². The third kappa shape index (κ3) is 4.16. The molecule has 0 bridgehead atoms. The molecule has 2 aromatic carbocycles. The van der Waals surface area contributed by atoms with Crippen LogP contribution in [0, 0.1) is 0 Å². The van der Waals surface area contributed by atoms with Gasteiger partial charge >= 0.3 is 5.97 Å². The van der Waals surface area contributed by atoms with Crippen LogP contribution in [0.15, 0.2) is 65.8 Å². The summed E-state index contributed by atoms with van der Waals surface area (Å²) in [5.74, 6) is -0.575. The summed E-state index contributed by atoms with van der Waals surface area (Å²) in [7, 11) is 1.43. The van der Waals surface area contributed by atoms with E-state index >= 15 is 0 Å². The van der Waals surface area contributed by atoms with Gasteiger partial charge in [0.1, 0.15) is 18.2 Å². The largest absolute Gasteiger partial charge is 0.453 e. The lowest BCUT2D eigenvalue weighted by Gasteiger charge is -2.47. The van der Waals surface area contributed by atoms with Crippen LogP contribution in [0.3, 0.4) is 0 Å². The molecule has 6 atom stereocenters. The van der Waals surface area contributed by atoms with Gasteiger partial charge in [-0.05, 0) is 17.7 Å². The first-order valence-electron chi connectivity index (χ1n) is 9.51. The molecule has 0 N–H and O–H groups in total. The Bertz CT molecular complexity index is 905. The molecule has 2 aromatic rings. The summed E-state index contributed by atoms with van der Waals surface area (Å²) in [6, 6.07) is 17.1. The maximum absolute atomic E-state index is 12.6. The van der Waals surface area contributed by atoms with Crippen LogP contribution in [0.5, 0.6) is 0 Å². The third-order valence-corrected chi connectivity index (χ3v) is 5.05. The van der Waals surface area contributed by atoms with Crippen LogP contribution in [0.25, 0.3) is 10.4 Å². The van der Waals surface area contributed by atoms with Gasteiger partial charge in [0.05, 0.1) is 12.2 Å². The predicted molar refractivity (Wildman–Crippen MR) is 104 cm³/mol. The van der Waals surface area contributed by atoms with Crippen LogP contribution in [-0.4, -0.2) is 50.3 Å². The van der Waals surface area contributed by atoms with E-state index in [1.807, 2.05) is 30.3 Å². The van der Waals surface area contributed by atoms with Crippen molar-refractivity contribution in [2.24, 2.45) is 5.11 Å². The molecule has 2 heterocycles. The highest BCUT2D eigenvalue weighted by atomic mass is 16.8. The molecule has 4 rings (SSSR count). The number of carbonyl (C=O) groups is 1. The van der Waals surface area contributed by atoms with Gasteiger partial charge in [-0.15, -0.1) is 0 Å². The molecule has 2 fully saturated rings. The number of esters is 1. The summed E-state index contributed by atoms with van der Waals surface area (Å²) in [5.41, 5.74) is 10.4. The van der Waals surface area contributed by atoms with Gasteiger partial charge in [0.2, 0.25) is 0 Å². The molecule has 0 unspecified atom stereocenters. The Hall–Kier alpha value is -2.94. The number of ether oxygens (including phenoxy) is 5. The van der Waals surface area contributed by atoms with Crippen molar-refractivity contribution in [1.29, 1.82) is 0 Å². The highest BCUT2D eigenvalue weighted by Gasteiger charge is 2.51. The molecular formula is C21H21N3O6. The Kier molecular flexibility index (Phi) is 6.27. The number of nitrogens with zero attached hydrogens (tertiary/aromatic N) is 3. The topological polar surface area (TPSA) is 112 Å². The lowest BCUT2D eigenvalue weighted by atomic mass is 9.95. The molecule has 2 aliphatic heterocycles. The van der Waals surface area contributed by atoms with Gasteiger partial charge in [-0.1, -0.05) is 53.6 Å². The van der Waals surface area contributed by atoms with Crippen LogP contribution in [0.2, 0.25) is 0 Å². The molecule has 156 valence electrons. The summed E-state index contributed by atoms with van der Waals surface area (Å²) in [5, 5.41) is 3.89. The number of rotatable bonds is 5. The summed E-state index contributed by atoms with van der Waals surface area (Å²) < 4.78 is 28.8. The van der Waals surface area contributed by atoms with Crippen molar-refractivity contribution in [3.63, 3.8) is 0 Å². The monoisotopic (exact) mass is 411 g/mol. The van der Waals surface area contributed by atoms with Gasteiger partial charge in [0.25, 0.3) is 0 Å². The Morgan fingerprint density at radius 2 is 1.80 bits per heavy atom. The van der Waals surface area contributed by atoms with E-state index in [2.05, 4.69) is 10.0 Å². The van der Waals surface area contributed by atoms with E-state index in [-0.39, 0.29) is 6.61 Å². The van der Waals surface area contributed by atoms with E-state index in [9.17, 15) is 4.79 Å². The van der Waals surface area contributed by atoms with Gasteiger partial charge in [0, 0.05) is 17.6 Å². The number of methoxy groups -OCH3 is 1. The van der Waals surface area contributed by atoms with Crippen molar-refractivity contribution in [1.82, 2.24) is 0 Å². The number of azide groups is 1. The number of fused-ring (bicyclic) bond motifs is 1. The number of hydrogen-bond acceptors (Lipinski definition) is 7. The van der Waals surface area contributed by atoms with Gasteiger partial charge in [-0.25, -0.2) is 4.79 Å². The average molecular weight is 411 g/mol. The van der Waals surface area contributed by atoms with Gasteiger partial charge < -0.3 is 23.7 Å². The highest BCUT2D eigenvalue weighted by molar-refractivity contribution is 5.89. The Morgan fingerprint density at radius 1 is 1.10 bits per heavy atom. The van der Waals surface area contributed by atoms with Gasteiger partial charge in [-0.3, -0.25) is 0 Å². The minimum atomic E-state index is -0.991. The van der Waals surface area contributed by atoms with Crippen molar-refractivity contribution in [2.75, 3.05) is 13.7 Å². The van der Waals surface area contributed by atoms with Crippen LogP contribution >= 0.6 is 0 Å². The van der Waals surface area contributed by atoms with E-state index in [1.54, 1.807) is 30.3 Å². The predicted octanol–water partition coefficient (Wildman–Crippen LogP) is 3.38. The maximum Gasteiger partial charge on any atom is 0.338 e. The zero-order valence-corrected chi connectivity index (χ0v) is 16.2. The van der Waals surface area contributed by atoms with Crippen molar-refractivity contribution < 1.29 is 28.5 Å². The summed E-state index contributed by atoms with van der Waals surface area (Å²) in [4.78, 5) is 15.6. The molecule has 9 heteroatoms. The second kappa shape index (κ2) is 9.25. The number of carbonyl (C=O) groups excluding carboxylic acids is 1.